The molecule has 0 aliphatic heterocycles. The highest BCUT2D eigenvalue weighted by molar-refractivity contribution is 5.84. The molecule has 0 fully saturated rings. The molecule has 1 aromatic heterocycles. The van der Waals surface area contributed by atoms with Crippen LogP contribution in [-0.2, 0) is 22.6 Å². The number of amides is 2. The summed E-state index contributed by atoms with van der Waals surface area (Å²) < 4.78 is 17.4. The number of benzene rings is 1. The summed E-state index contributed by atoms with van der Waals surface area (Å²) in [4.78, 5) is 24.2. The van der Waals surface area contributed by atoms with Crippen molar-refractivity contribution in [1.82, 2.24) is 20.6 Å². The Balaban J connectivity index is 1.97. The van der Waals surface area contributed by atoms with Crippen molar-refractivity contribution in [3.05, 3.63) is 35.2 Å². The quantitative estimate of drug-likeness (QED) is 0.697. The van der Waals surface area contributed by atoms with Gasteiger partial charge in [-0.15, -0.1) is 0 Å². The number of hydrogen-bond acceptors (Lipinski definition) is 6. The zero-order valence-electron chi connectivity index (χ0n) is 16.1. The van der Waals surface area contributed by atoms with Gasteiger partial charge in [0, 0.05) is 11.3 Å². The van der Waals surface area contributed by atoms with Gasteiger partial charge in [-0.2, -0.15) is 5.10 Å². The van der Waals surface area contributed by atoms with E-state index in [1.807, 2.05) is 19.9 Å². The predicted octanol–water partition coefficient (Wildman–Crippen LogP) is 0.916. The smallest absolute Gasteiger partial charge is 0.260 e. The fourth-order valence-corrected chi connectivity index (χ4v) is 2.67. The second-order valence-corrected chi connectivity index (χ2v) is 5.85. The predicted molar refractivity (Wildman–Crippen MR) is 97.8 cm³/mol. The monoisotopic (exact) mass is 376 g/mol. The van der Waals surface area contributed by atoms with Crippen LogP contribution in [0, 0.1) is 13.8 Å². The third-order valence-corrected chi connectivity index (χ3v) is 3.87. The molecular weight excluding hydrogens is 352 g/mol. The molecule has 0 saturated heterocycles. The van der Waals surface area contributed by atoms with E-state index in [-0.39, 0.29) is 18.9 Å². The molecule has 2 amide bonds. The van der Waals surface area contributed by atoms with Gasteiger partial charge in [0.2, 0.25) is 11.7 Å². The molecule has 0 unspecified atom stereocenters. The lowest BCUT2D eigenvalue weighted by Crippen LogP contribution is -2.44. The maximum atomic E-state index is 12.2. The number of hydrogen-bond donors (Lipinski definition) is 2. The van der Waals surface area contributed by atoms with Crippen LogP contribution < -0.4 is 25.1 Å². The Morgan fingerprint density at radius 2 is 1.67 bits per heavy atom. The van der Waals surface area contributed by atoms with Crippen LogP contribution in [0.3, 0.4) is 0 Å². The molecule has 1 aromatic carbocycles. The van der Waals surface area contributed by atoms with E-state index in [1.54, 1.807) is 16.8 Å². The number of hydrazine groups is 1. The normalized spacial score (nSPS) is 10.3. The Labute approximate surface area is 157 Å². The summed E-state index contributed by atoms with van der Waals surface area (Å²) in [7, 11) is 4.49. The van der Waals surface area contributed by atoms with Crippen molar-refractivity contribution >= 4 is 11.8 Å². The average Bonchev–Trinajstić information content (AvgIpc) is 2.96. The number of carbonyl (C=O) groups is 2. The summed E-state index contributed by atoms with van der Waals surface area (Å²) >= 11 is 0. The molecule has 2 N–H and O–H groups in total. The molecule has 0 bridgehead atoms. The fourth-order valence-electron chi connectivity index (χ4n) is 2.67. The summed E-state index contributed by atoms with van der Waals surface area (Å²) in [5.74, 6) is 0.521. The number of carbonyl (C=O) groups excluding carboxylic acids is 2. The van der Waals surface area contributed by atoms with Crippen LogP contribution in [0.2, 0.25) is 0 Å². The zero-order valence-corrected chi connectivity index (χ0v) is 16.1. The molecule has 2 aromatic rings. The molecule has 0 aliphatic rings. The minimum Gasteiger partial charge on any atom is -0.493 e. The number of nitrogens with one attached hydrogen (secondary N) is 2. The molecule has 9 heteroatoms. The van der Waals surface area contributed by atoms with Crippen LogP contribution in [0.25, 0.3) is 0 Å². The lowest BCUT2D eigenvalue weighted by molar-refractivity contribution is -0.129. The number of nitrogens with zero attached hydrogens (tertiary/aromatic N) is 2. The highest BCUT2D eigenvalue weighted by Crippen LogP contribution is 2.39. The molecular formula is C18H24N4O5. The van der Waals surface area contributed by atoms with Crippen LogP contribution in [0.4, 0.5) is 0 Å². The Kier molecular flexibility index (Phi) is 6.64. The number of ether oxygens (including phenoxy) is 3. The van der Waals surface area contributed by atoms with Crippen molar-refractivity contribution in [1.29, 1.82) is 0 Å². The van der Waals surface area contributed by atoms with Crippen LogP contribution in [0.15, 0.2) is 18.2 Å². The first-order valence-electron chi connectivity index (χ1n) is 8.26. The van der Waals surface area contributed by atoms with E-state index in [0.717, 1.165) is 11.4 Å². The van der Waals surface area contributed by atoms with Gasteiger partial charge in [-0.3, -0.25) is 25.1 Å². The van der Waals surface area contributed by atoms with Crippen LogP contribution in [0.5, 0.6) is 17.2 Å². The van der Waals surface area contributed by atoms with Crippen molar-refractivity contribution in [3.8, 4) is 17.2 Å². The van der Waals surface area contributed by atoms with E-state index in [9.17, 15) is 9.59 Å². The summed E-state index contributed by atoms with van der Waals surface area (Å²) in [6.07, 6.45) is -0.0102. The number of methoxy groups -OCH3 is 3. The topological polar surface area (TPSA) is 104 Å². The van der Waals surface area contributed by atoms with Gasteiger partial charge in [0.1, 0.15) is 6.54 Å². The van der Waals surface area contributed by atoms with E-state index in [0.29, 0.717) is 22.8 Å². The largest absolute Gasteiger partial charge is 0.493 e. The second-order valence-electron chi connectivity index (χ2n) is 5.85. The highest BCUT2D eigenvalue weighted by Gasteiger charge is 2.18. The van der Waals surface area contributed by atoms with Gasteiger partial charge in [-0.1, -0.05) is 6.07 Å². The summed E-state index contributed by atoms with van der Waals surface area (Å²) in [6.45, 7) is 3.72. The van der Waals surface area contributed by atoms with Gasteiger partial charge in [0.05, 0.1) is 33.4 Å². The van der Waals surface area contributed by atoms with Crippen LogP contribution >= 0.6 is 0 Å². The first-order valence-corrected chi connectivity index (χ1v) is 8.26. The molecule has 0 atom stereocenters. The molecule has 0 radical (unpaired) electrons. The lowest BCUT2D eigenvalue weighted by atomic mass is 10.1. The summed E-state index contributed by atoms with van der Waals surface area (Å²) in [5, 5.41) is 4.20. The lowest BCUT2D eigenvalue weighted by Gasteiger charge is -2.15. The first-order chi connectivity index (χ1) is 12.9. The molecule has 2 rings (SSSR count). The van der Waals surface area contributed by atoms with Gasteiger partial charge >= 0.3 is 0 Å². The molecule has 27 heavy (non-hydrogen) atoms. The number of aryl methyl sites for hydroxylation is 2. The van der Waals surface area contributed by atoms with Crippen LogP contribution in [-0.4, -0.2) is 42.9 Å². The third kappa shape index (κ3) is 4.90. The van der Waals surface area contributed by atoms with Crippen molar-refractivity contribution in [2.24, 2.45) is 0 Å². The van der Waals surface area contributed by atoms with E-state index in [4.69, 9.17) is 14.2 Å². The van der Waals surface area contributed by atoms with Crippen molar-refractivity contribution in [2.45, 2.75) is 26.8 Å². The summed E-state index contributed by atoms with van der Waals surface area (Å²) in [5.41, 5.74) is 7.05. The zero-order chi connectivity index (χ0) is 20.0. The molecule has 0 spiro atoms. The minimum absolute atomic E-state index is 0.0102. The van der Waals surface area contributed by atoms with Gasteiger partial charge in [0.15, 0.2) is 11.5 Å². The van der Waals surface area contributed by atoms with Crippen molar-refractivity contribution < 1.29 is 23.8 Å². The Morgan fingerprint density at radius 1 is 1.00 bits per heavy atom. The molecule has 9 nitrogen and oxygen atoms in total. The van der Waals surface area contributed by atoms with E-state index in [1.165, 1.54) is 21.3 Å². The maximum absolute atomic E-state index is 12.2. The number of rotatable bonds is 7. The van der Waals surface area contributed by atoms with E-state index >= 15 is 0 Å². The highest BCUT2D eigenvalue weighted by atomic mass is 16.5. The van der Waals surface area contributed by atoms with Gasteiger partial charge in [-0.05, 0) is 26.0 Å². The van der Waals surface area contributed by atoms with Crippen LogP contribution in [0.1, 0.15) is 17.0 Å². The third-order valence-electron chi connectivity index (χ3n) is 3.87. The second kappa shape index (κ2) is 8.93. The van der Waals surface area contributed by atoms with E-state index in [2.05, 4.69) is 16.0 Å². The SMILES string of the molecule is COc1ccc(CC(=O)NNC(=O)Cn2nc(C)cc2C)c(OC)c1OC. The Morgan fingerprint density at radius 3 is 2.22 bits per heavy atom. The molecule has 146 valence electrons. The molecule has 1 heterocycles. The fraction of sp³-hybridized carbons (Fsp3) is 0.389. The average molecular weight is 376 g/mol. The van der Waals surface area contributed by atoms with Gasteiger partial charge < -0.3 is 14.2 Å². The van der Waals surface area contributed by atoms with E-state index < -0.39 is 5.91 Å². The van der Waals surface area contributed by atoms with Crippen molar-refractivity contribution in [3.63, 3.8) is 0 Å². The first kappa shape index (κ1) is 20.1. The Bertz CT molecular complexity index is 831. The van der Waals surface area contributed by atoms with Gasteiger partial charge in [0.25, 0.3) is 5.91 Å². The number of aromatic nitrogens is 2. The van der Waals surface area contributed by atoms with Gasteiger partial charge in [-0.25, -0.2) is 0 Å². The Hall–Kier alpha value is -3.23. The molecule has 0 aliphatic carbocycles. The maximum Gasteiger partial charge on any atom is 0.260 e. The van der Waals surface area contributed by atoms with Crippen molar-refractivity contribution in [2.75, 3.05) is 21.3 Å². The summed E-state index contributed by atoms with van der Waals surface area (Å²) in [6, 6.07) is 5.26. The standard InChI is InChI=1S/C18H24N4O5/c1-11-8-12(2)22(21-11)10-16(24)20-19-15(23)9-13-6-7-14(25-3)18(27-5)17(13)26-4/h6-8H,9-10H2,1-5H3,(H,19,23)(H,20,24). The molecule has 0 saturated carbocycles. The minimum atomic E-state index is -0.401.